The lowest BCUT2D eigenvalue weighted by atomic mass is 10.1. The molecule has 4 aromatic rings. The third kappa shape index (κ3) is 8.31. The molecule has 0 radical (unpaired) electrons. The van der Waals surface area contributed by atoms with Gasteiger partial charge in [0.15, 0.2) is 5.65 Å². The maximum atomic E-state index is 9.55. The minimum absolute atomic E-state index is 0.509. The summed E-state index contributed by atoms with van der Waals surface area (Å²) in [5.74, 6) is -1.67. The van der Waals surface area contributed by atoms with Crippen LogP contribution in [0.25, 0.3) is 22.3 Å². The van der Waals surface area contributed by atoms with Crippen molar-refractivity contribution >= 4 is 46.2 Å². The third-order valence-corrected chi connectivity index (χ3v) is 5.73. The summed E-state index contributed by atoms with van der Waals surface area (Å²) in [7, 11) is 4.05. The molecule has 0 aliphatic rings. The number of nitrogens with zero attached hydrogens (tertiary/aromatic N) is 4. The molecule has 198 valence electrons. The first-order valence-corrected chi connectivity index (χ1v) is 12.2. The second-order valence-electron chi connectivity index (χ2n) is 8.30. The van der Waals surface area contributed by atoms with E-state index >= 15 is 0 Å². The lowest BCUT2D eigenvalue weighted by Gasteiger charge is -2.11. The Labute approximate surface area is 229 Å². The van der Waals surface area contributed by atoms with Crippen LogP contribution >= 0.6 is 23.2 Å². The monoisotopic (exact) mass is 556 g/mol. The largest absolute Gasteiger partial charge is 0.492 e. The van der Waals surface area contributed by atoms with Gasteiger partial charge in [-0.15, -0.1) is 0 Å². The van der Waals surface area contributed by atoms with Crippen molar-refractivity contribution in [3.63, 3.8) is 0 Å². The molecule has 2 heterocycles. The van der Waals surface area contributed by atoms with Gasteiger partial charge in [0.05, 0.1) is 6.54 Å². The van der Waals surface area contributed by atoms with Crippen LogP contribution in [0, 0.1) is 0 Å². The van der Waals surface area contributed by atoms with Gasteiger partial charge in [0.25, 0.3) is 0 Å². The number of aromatic nitrogens is 3. The number of carboxylic acids is 2. The molecule has 0 aliphatic carbocycles. The molecule has 2 aromatic heterocycles. The molecule has 0 saturated heterocycles. The fraction of sp³-hybridized carbons (Fsp3) is 0.185. The molecule has 0 unspecified atom stereocenters. The number of carboxylic acid groups (broad SMARTS) is 2. The van der Waals surface area contributed by atoms with E-state index in [-0.39, 0.29) is 0 Å². The number of fused-ring (bicyclic) bond motifs is 1. The highest BCUT2D eigenvalue weighted by Crippen LogP contribution is 2.30. The number of likely N-dealkylation sites (N-methyl/N-ethyl adjacent to an activating group) is 1. The summed E-state index contributed by atoms with van der Waals surface area (Å²) in [5, 5.41) is 22.7. The van der Waals surface area contributed by atoms with E-state index in [9.17, 15) is 9.59 Å². The molecule has 2 aromatic carbocycles. The number of rotatable bonds is 9. The van der Waals surface area contributed by atoms with Crippen LogP contribution in [0.2, 0.25) is 10.0 Å². The van der Waals surface area contributed by atoms with Crippen molar-refractivity contribution in [1.82, 2.24) is 19.7 Å². The Bertz CT molecular complexity index is 1420. The summed E-state index contributed by atoms with van der Waals surface area (Å²) in [6, 6.07) is 17.5. The first-order valence-electron chi connectivity index (χ1n) is 11.4. The average molecular weight is 557 g/mol. The summed E-state index contributed by atoms with van der Waals surface area (Å²) >= 11 is 12.4. The molecule has 0 amide bonds. The number of benzene rings is 2. The van der Waals surface area contributed by atoms with Crippen LogP contribution in [0.4, 0.5) is 0 Å². The molecular weight excluding hydrogens is 531 g/mol. The minimum Gasteiger partial charge on any atom is -0.492 e. The smallest absolute Gasteiger partial charge is 0.328 e. The standard InChI is InChI=1S/C23H22Cl2N4O.C4H4O4/c1-28(2)12-13-30-19-9-6-16(7-10-19)22-20-4-3-11-26-23(20)29(27-22)15-17-5-8-18(24)14-21(17)25;5-3(6)1-2-4(7)8/h3-11,14H,12-13,15H2,1-2H3;1-2H,(H,5,6)(H,7,8). The summed E-state index contributed by atoms with van der Waals surface area (Å²) in [6.45, 7) is 2.03. The molecule has 0 fully saturated rings. The molecule has 11 heteroatoms. The predicted molar refractivity (Wildman–Crippen MR) is 147 cm³/mol. The van der Waals surface area contributed by atoms with Crippen LogP contribution < -0.4 is 4.74 Å². The van der Waals surface area contributed by atoms with Crippen LogP contribution in [0.15, 0.2) is 72.9 Å². The Morgan fingerprint density at radius 1 is 1.03 bits per heavy atom. The number of pyridine rings is 1. The second-order valence-corrected chi connectivity index (χ2v) is 9.15. The Morgan fingerprint density at radius 2 is 1.71 bits per heavy atom. The zero-order valence-electron chi connectivity index (χ0n) is 20.7. The minimum atomic E-state index is -1.26. The van der Waals surface area contributed by atoms with Crippen molar-refractivity contribution in [2.24, 2.45) is 0 Å². The topological polar surface area (TPSA) is 118 Å². The summed E-state index contributed by atoms with van der Waals surface area (Å²) in [5.41, 5.74) is 3.63. The highest BCUT2D eigenvalue weighted by Gasteiger charge is 2.14. The van der Waals surface area contributed by atoms with E-state index in [0.29, 0.717) is 35.3 Å². The lowest BCUT2D eigenvalue weighted by molar-refractivity contribution is -0.134. The molecule has 0 bridgehead atoms. The van der Waals surface area contributed by atoms with Gasteiger partial charge in [0.1, 0.15) is 18.1 Å². The number of halogens is 2. The van der Waals surface area contributed by atoms with Gasteiger partial charge in [0, 0.05) is 45.9 Å². The number of aliphatic carboxylic acids is 2. The summed E-state index contributed by atoms with van der Waals surface area (Å²) in [4.78, 5) is 25.7. The number of hydrogen-bond acceptors (Lipinski definition) is 6. The quantitative estimate of drug-likeness (QED) is 0.273. The van der Waals surface area contributed by atoms with Crippen LogP contribution in [0.3, 0.4) is 0 Å². The fourth-order valence-corrected chi connectivity index (χ4v) is 3.81. The highest BCUT2D eigenvalue weighted by molar-refractivity contribution is 6.35. The van der Waals surface area contributed by atoms with E-state index in [4.69, 9.17) is 43.3 Å². The summed E-state index contributed by atoms with van der Waals surface area (Å²) < 4.78 is 7.67. The number of hydrogen-bond donors (Lipinski definition) is 2. The van der Waals surface area contributed by atoms with Gasteiger partial charge < -0.3 is 19.8 Å². The van der Waals surface area contributed by atoms with Gasteiger partial charge >= 0.3 is 11.9 Å². The fourth-order valence-electron chi connectivity index (χ4n) is 3.34. The van der Waals surface area contributed by atoms with Gasteiger partial charge in [-0.2, -0.15) is 5.10 Å². The number of ether oxygens (including phenoxy) is 1. The SMILES string of the molecule is CN(C)CCOc1ccc(-c2nn(Cc3ccc(Cl)cc3Cl)c3ncccc23)cc1.O=C(O)C=CC(=O)O. The molecule has 0 aliphatic heterocycles. The molecular formula is C27H26Cl2N4O5. The Hall–Kier alpha value is -3.92. The first kappa shape index (κ1) is 28.6. The maximum absolute atomic E-state index is 9.55. The van der Waals surface area contributed by atoms with Crippen molar-refractivity contribution in [2.45, 2.75) is 6.54 Å². The van der Waals surface area contributed by atoms with Gasteiger partial charge in [-0.25, -0.2) is 19.3 Å². The molecule has 2 N–H and O–H groups in total. The second kappa shape index (κ2) is 13.6. The predicted octanol–water partition coefficient (Wildman–Crippen LogP) is 5.11. The Balaban J connectivity index is 0.000000436. The van der Waals surface area contributed by atoms with Crippen molar-refractivity contribution in [3.05, 3.63) is 88.6 Å². The van der Waals surface area contributed by atoms with Gasteiger partial charge in [0.2, 0.25) is 0 Å². The van der Waals surface area contributed by atoms with Crippen LogP contribution in [-0.2, 0) is 16.1 Å². The van der Waals surface area contributed by atoms with Gasteiger partial charge in [-0.05, 0) is 68.2 Å². The van der Waals surface area contributed by atoms with Gasteiger partial charge in [-0.3, -0.25) is 0 Å². The molecule has 0 atom stereocenters. The molecule has 0 saturated carbocycles. The van der Waals surface area contributed by atoms with Crippen molar-refractivity contribution in [1.29, 1.82) is 0 Å². The normalized spacial score (nSPS) is 11.0. The third-order valence-electron chi connectivity index (χ3n) is 5.15. The molecule has 4 rings (SSSR count). The molecule has 9 nitrogen and oxygen atoms in total. The Morgan fingerprint density at radius 3 is 2.32 bits per heavy atom. The van der Waals surface area contributed by atoms with E-state index in [1.807, 2.05) is 67.3 Å². The Kier molecular flexibility index (Phi) is 10.2. The van der Waals surface area contributed by atoms with Crippen molar-refractivity contribution in [2.75, 3.05) is 27.2 Å². The van der Waals surface area contributed by atoms with Crippen LogP contribution in [0.5, 0.6) is 5.75 Å². The number of carbonyl (C=O) groups is 2. The zero-order valence-corrected chi connectivity index (χ0v) is 22.2. The first-order chi connectivity index (χ1) is 18.1. The van der Waals surface area contributed by atoms with Crippen molar-refractivity contribution in [3.8, 4) is 17.0 Å². The van der Waals surface area contributed by atoms with Crippen LogP contribution in [-0.4, -0.2) is 69.1 Å². The summed E-state index contributed by atoms with van der Waals surface area (Å²) in [6.07, 6.45) is 2.89. The zero-order chi connectivity index (χ0) is 27.7. The highest BCUT2D eigenvalue weighted by atomic mass is 35.5. The van der Waals surface area contributed by atoms with E-state index in [2.05, 4.69) is 9.88 Å². The van der Waals surface area contributed by atoms with E-state index in [1.54, 1.807) is 12.3 Å². The average Bonchev–Trinajstić information content (AvgIpc) is 3.23. The van der Waals surface area contributed by atoms with E-state index in [0.717, 1.165) is 40.1 Å². The lowest BCUT2D eigenvalue weighted by Crippen LogP contribution is -2.19. The van der Waals surface area contributed by atoms with E-state index in [1.165, 1.54) is 0 Å². The molecule has 38 heavy (non-hydrogen) atoms. The van der Waals surface area contributed by atoms with E-state index < -0.39 is 11.9 Å². The maximum Gasteiger partial charge on any atom is 0.328 e. The van der Waals surface area contributed by atoms with Crippen molar-refractivity contribution < 1.29 is 24.5 Å². The van der Waals surface area contributed by atoms with Crippen LogP contribution in [0.1, 0.15) is 5.56 Å². The van der Waals surface area contributed by atoms with Gasteiger partial charge in [-0.1, -0.05) is 29.3 Å². The molecule has 0 spiro atoms.